The van der Waals surface area contributed by atoms with Gasteiger partial charge in [0.05, 0.1) is 24.6 Å². The van der Waals surface area contributed by atoms with Gasteiger partial charge in [0.25, 0.3) is 0 Å². The van der Waals surface area contributed by atoms with Crippen molar-refractivity contribution in [3.05, 3.63) is 86.3 Å². The summed E-state index contributed by atoms with van der Waals surface area (Å²) in [5.41, 5.74) is 7.97. The zero-order chi connectivity index (χ0) is 20.1. The monoisotopic (exact) mass is 500 g/mol. The van der Waals surface area contributed by atoms with Gasteiger partial charge in [0, 0.05) is 20.1 Å². The molecule has 0 heterocycles. The second-order valence-electron chi connectivity index (χ2n) is 6.10. The number of anilines is 1. The molecule has 0 saturated carbocycles. The molecule has 0 bridgehead atoms. The Kier molecular flexibility index (Phi) is 6.65. The van der Waals surface area contributed by atoms with Gasteiger partial charge in [-0.25, -0.2) is 4.79 Å². The van der Waals surface area contributed by atoms with Gasteiger partial charge in [0.2, 0.25) is 0 Å². The summed E-state index contributed by atoms with van der Waals surface area (Å²) in [6.07, 6.45) is 1.73. The van der Waals surface area contributed by atoms with Crippen LogP contribution in [0.15, 0.2) is 74.7 Å². The summed E-state index contributed by atoms with van der Waals surface area (Å²) in [5.74, 6) is -0.393. The van der Waals surface area contributed by atoms with Crippen LogP contribution in [0.25, 0.3) is 11.1 Å². The lowest BCUT2D eigenvalue weighted by molar-refractivity contribution is 0.0601. The van der Waals surface area contributed by atoms with E-state index in [1.165, 1.54) is 7.11 Å². The summed E-state index contributed by atoms with van der Waals surface area (Å²) in [7, 11) is 1.38. The molecular weight excluding hydrogens is 484 g/mol. The molecule has 0 atom stereocenters. The van der Waals surface area contributed by atoms with Crippen molar-refractivity contribution < 1.29 is 9.53 Å². The second kappa shape index (κ2) is 9.17. The SMILES string of the molecule is COC(=O)c1cccc(NN=Cc2c(Br)cc(C)cc2Br)c1-c1ccccc1. The number of hydrogen-bond acceptors (Lipinski definition) is 4. The number of nitrogens with one attached hydrogen (secondary N) is 1. The van der Waals surface area contributed by atoms with Crippen LogP contribution in [0.5, 0.6) is 0 Å². The third-order valence-corrected chi connectivity index (χ3v) is 5.45. The van der Waals surface area contributed by atoms with Crippen LogP contribution in [0, 0.1) is 6.92 Å². The molecule has 0 aliphatic heterocycles. The van der Waals surface area contributed by atoms with Crippen molar-refractivity contribution in [2.45, 2.75) is 6.92 Å². The van der Waals surface area contributed by atoms with E-state index in [4.69, 9.17) is 4.74 Å². The van der Waals surface area contributed by atoms with Crippen LogP contribution in [0.4, 0.5) is 5.69 Å². The minimum atomic E-state index is -0.393. The third-order valence-electron chi connectivity index (χ3n) is 4.13. The van der Waals surface area contributed by atoms with Gasteiger partial charge in [0.15, 0.2) is 0 Å². The van der Waals surface area contributed by atoms with E-state index in [1.807, 2.05) is 55.5 Å². The first kappa shape index (κ1) is 20.3. The highest BCUT2D eigenvalue weighted by atomic mass is 79.9. The lowest BCUT2D eigenvalue weighted by Crippen LogP contribution is -2.06. The molecule has 0 amide bonds. The first-order valence-corrected chi connectivity index (χ1v) is 10.1. The van der Waals surface area contributed by atoms with Crippen molar-refractivity contribution in [3.63, 3.8) is 0 Å². The van der Waals surface area contributed by atoms with Gasteiger partial charge < -0.3 is 4.74 Å². The Labute approximate surface area is 180 Å². The fourth-order valence-electron chi connectivity index (χ4n) is 2.84. The molecule has 6 heteroatoms. The van der Waals surface area contributed by atoms with Gasteiger partial charge in [-0.15, -0.1) is 0 Å². The van der Waals surface area contributed by atoms with Crippen LogP contribution in [0.2, 0.25) is 0 Å². The number of halogens is 2. The quantitative estimate of drug-likeness (QED) is 0.249. The Hall–Kier alpha value is -2.44. The largest absolute Gasteiger partial charge is 0.465 e. The molecule has 142 valence electrons. The molecule has 0 radical (unpaired) electrons. The van der Waals surface area contributed by atoms with Crippen LogP contribution in [0.1, 0.15) is 21.5 Å². The summed E-state index contributed by atoms with van der Waals surface area (Å²) in [5, 5.41) is 4.39. The molecule has 1 N–H and O–H groups in total. The molecule has 3 rings (SSSR count). The van der Waals surface area contributed by atoms with Gasteiger partial charge in [-0.3, -0.25) is 5.43 Å². The number of nitrogens with zero attached hydrogens (tertiary/aromatic N) is 1. The molecule has 0 aliphatic carbocycles. The average molecular weight is 502 g/mol. The average Bonchev–Trinajstić information content (AvgIpc) is 2.69. The summed E-state index contributed by atoms with van der Waals surface area (Å²) < 4.78 is 6.83. The molecule has 4 nitrogen and oxygen atoms in total. The number of carbonyl (C=O) groups is 1. The molecule has 0 fully saturated rings. The Bertz CT molecular complexity index is 1010. The number of esters is 1. The normalized spacial score (nSPS) is 10.9. The molecule has 0 saturated heterocycles. The van der Waals surface area contributed by atoms with E-state index in [9.17, 15) is 4.79 Å². The predicted molar refractivity (Wildman–Crippen MR) is 121 cm³/mol. The molecule has 3 aromatic carbocycles. The van der Waals surface area contributed by atoms with E-state index >= 15 is 0 Å². The number of hydrazone groups is 1. The summed E-state index contributed by atoms with van der Waals surface area (Å²) in [6.45, 7) is 2.03. The minimum Gasteiger partial charge on any atom is -0.465 e. The van der Waals surface area contributed by atoms with E-state index < -0.39 is 5.97 Å². The fraction of sp³-hybridized carbons (Fsp3) is 0.0909. The molecule has 0 aromatic heterocycles. The second-order valence-corrected chi connectivity index (χ2v) is 7.81. The predicted octanol–water partition coefficient (Wildman–Crippen LogP) is 6.42. The Morgan fingerprint density at radius 1 is 1.04 bits per heavy atom. The number of carbonyl (C=O) groups excluding carboxylic acids is 1. The van der Waals surface area contributed by atoms with Crippen molar-refractivity contribution >= 4 is 49.7 Å². The number of methoxy groups -OCH3 is 1. The van der Waals surface area contributed by atoms with Gasteiger partial charge in [-0.1, -0.05) is 68.3 Å². The zero-order valence-electron chi connectivity index (χ0n) is 15.4. The minimum absolute atomic E-state index is 0.393. The molecule has 0 aliphatic rings. The number of aryl methyl sites for hydroxylation is 1. The summed E-state index contributed by atoms with van der Waals surface area (Å²) >= 11 is 7.13. The lowest BCUT2D eigenvalue weighted by Gasteiger charge is -2.13. The van der Waals surface area contributed by atoms with Crippen LogP contribution < -0.4 is 5.43 Å². The summed E-state index contributed by atoms with van der Waals surface area (Å²) in [4.78, 5) is 12.3. The number of hydrogen-bond donors (Lipinski definition) is 1. The highest BCUT2D eigenvalue weighted by Gasteiger charge is 2.16. The van der Waals surface area contributed by atoms with Crippen molar-refractivity contribution in [1.29, 1.82) is 0 Å². The molecule has 0 unspecified atom stereocenters. The van der Waals surface area contributed by atoms with Crippen LogP contribution >= 0.6 is 31.9 Å². The van der Waals surface area contributed by atoms with E-state index in [0.717, 1.165) is 31.2 Å². The summed E-state index contributed by atoms with van der Waals surface area (Å²) in [6, 6.07) is 19.2. The maximum atomic E-state index is 12.3. The third kappa shape index (κ3) is 4.51. The van der Waals surface area contributed by atoms with Crippen molar-refractivity contribution in [3.8, 4) is 11.1 Å². The maximum absolute atomic E-state index is 12.3. The smallest absolute Gasteiger partial charge is 0.338 e. The Morgan fingerprint density at radius 3 is 2.36 bits per heavy atom. The first-order valence-electron chi connectivity index (χ1n) is 8.52. The van der Waals surface area contributed by atoms with Crippen LogP contribution in [0.3, 0.4) is 0 Å². The highest BCUT2D eigenvalue weighted by Crippen LogP contribution is 2.32. The first-order chi connectivity index (χ1) is 13.5. The van der Waals surface area contributed by atoms with Gasteiger partial charge in [-0.05, 0) is 42.3 Å². The van der Waals surface area contributed by atoms with E-state index in [0.29, 0.717) is 11.3 Å². The lowest BCUT2D eigenvalue weighted by atomic mass is 9.98. The number of rotatable bonds is 5. The Balaban J connectivity index is 2.00. The number of ether oxygens (including phenoxy) is 1. The molecule has 0 spiro atoms. The topological polar surface area (TPSA) is 50.7 Å². The van der Waals surface area contributed by atoms with Crippen molar-refractivity contribution in [2.75, 3.05) is 12.5 Å². The Morgan fingerprint density at radius 2 is 1.71 bits per heavy atom. The van der Waals surface area contributed by atoms with Gasteiger partial charge >= 0.3 is 5.97 Å². The highest BCUT2D eigenvalue weighted by molar-refractivity contribution is 9.11. The number of benzene rings is 3. The van der Waals surface area contributed by atoms with Crippen LogP contribution in [-0.4, -0.2) is 19.3 Å². The zero-order valence-corrected chi connectivity index (χ0v) is 18.5. The molecule has 3 aromatic rings. The van der Waals surface area contributed by atoms with E-state index in [1.54, 1.807) is 18.3 Å². The van der Waals surface area contributed by atoms with Gasteiger partial charge in [0.1, 0.15) is 0 Å². The maximum Gasteiger partial charge on any atom is 0.338 e. The standard InChI is InChI=1S/C22H18Br2N2O2/c1-14-11-18(23)17(19(24)12-14)13-25-26-20-10-6-9-16(22(27)28-2)21(20)15-7-4-3-5-8-15/h3-13,26H,1-2H3. The molecule has 28 heavy (non-hydrogen) atoms. The van der Waals surface area contributed by atoms with Gasteiger partial charge in [-0.2, -0.15) is 5.10 Å². The van der Waals surface area contributed by atoms with E-state index in [2.05, 4.69) is 42.4 Å². The van der Waals surface area contributed by atoms with Crippen molar-refractivity contribution in [2.24, 2.45) is 5.10 Å². The van der Waals surface area contributed by atoms with E-state index in [-0.39, 0.29) is 0 Å². The van der Waals surface area contributed by atoms with Crippen molar-refractivity contribution in [1.82, 2.24) is 0 Å². The van der Waals surface area contributed by atoms with Crippen LogP contribution in [-0.2, 0) is 4.74 Å². The fourth-order valence-corrected chi connectivity index (χ4v) is 4.46. The molecular formula is C22H18Br2N2O2.